The number of benzene rings is 1. The third-order valence-corrected chi connectivity index (χ3v) is 3.03. The Kier molecular flexibility index (Phi) is 5.07. The van der Waals surface area contributed by atoms with Gasteiger partial charge in [0.1, 0.15) is 0 Å². The molecule has 0 atom stereocenters. The number of nitro benzene ring substituents is 1. The van der Waals surface area contributed by atoms with Crippen LogP contribution in [-0.2, 0) is 4.79 Å². The summed E-state index contributed by atoms with van der Waals surface area (Å²) in [5.41, 5.74) is 0.313. The molecule has 20 heavy (non-hydrogen) atoms. The first-order valence-corrected chi connectivity index (χ1v) is 6.44. The fourth-order valence-corrected chi connectivity index (χ4v) is 1.54. The summed E-state index contributed by atoms with van der Waals surface area (Å²) in [5.74, 6) is -0.197. The lowest BCUT2D eigenvalue weighted by atomic mass is 10.0. The van der Waals surface area contributed by atoms with E-state index in [0.717, 1.165) is 12.0 Å². The molecule has 0 spiro atoms. The Morgan fingerprint density at radius 1 is 1.45 bits per heavy atom. The lowest BCUT2D eigenvalue weighted by Gasteiger charge is -2.24. The summed E-state index contributed by atoms with van der Waals surface area (Å²) in [6.07, 6.45) is 0.781. The van der Waals surface area contributed by atoms with E-state index in [-0.39, 0.29) is 29.5 Å². The SMILES string of the molecule is CCC(C)(C)NC(=O)COc1ccc(C)cc1[N+](=O)[O-]. The average Bonchev–Trinajstić information content (AvgIpc) is 2.36. The van der Waals surface area contributed by atoms with Crippen LogP contribution in [0.3, 0.4) is 0 Å². The van der Waals surface area contributed by atoms with Crippen LogP contribution in [0.4, 0.5) is 5.69 Å². The molecule has 0 radical (unpaired) electrons. The van der Waals surface area contributed by atoms with Gasteiger partial charge in [0.15, 0.2) is 12.4 Å². The Labute approximate surface area is 118 Å². The molecule has 1 N–H and O–H groups in total. The van der Waals surface area contributed by atoms with E-state index in [1.165, 1.54) is 12.1 Å². The van der Waals surface area contributed by atoms with Crippen LogP contribution in [0.1, 0.15) is 32.8 Å². The largest absolute Gasteiger partial charge is 0.477 e. The molecule has 110 valence electrons. The van der Waals surface area contributed by atoms with Crippen molar-refractivity contribution in [1.82, 2.24) is 5.32 Å². The third kappa shape index (κ3) is 4.53. The maximum Gasteiger partial charge on any atom is 0.311 e. The number of rotatable bonds is 6. The van der Waals surface area contributed by atoms with E-state index < -0.39 is 4.92 Å². The van der Waals surface area contributed by atoms with Gasteiger partial charge >= 0.3 is 5.69 Å². The van der Waals surface area contributed by atoms with Gasteiger partial charge in [-0.2, -0.15) is 0 Å². The van der Waals surface area contributed by atoms with Crippen molar-refractivity contribution in [1.29, 1.82) is 0 Å². The number of carbonyl (C=O) groups excluding carboxylic acids is 1. The molecule has 0 aliphatic heterocycles. The topological polar surface area (TPSA) is 81.5 Å². The first kappa shape index (κ1) is 15.9. The number of nitrogens with zero attached hydrogens (tertiary/aromatic N) is 1. The molecule has 0 heterocycles. The minimum atomic E-state index is -0.518. The second kappa shape index (κ2) is 6.36. The Morgan fingerprint density at radius 2 is 2.10 bits per heavy atom. The number of nitrogens with one attached hydrogen (secondary N) is 1. The zero-order chi connectivity index (χ0) is 15.3. The first-order chi connectivity index (χ1) is 9.25. The molecule has 0 saturated carbocycles. The molecule has 0 saturated heterocycles. The average molecular weight is 280 g/mol. The molecule has 0 aliphatic rings. The molecule has 0 bridgehead atoms. The van der Waals surface area contributed by atoms with Crippen LogP contribution in [0.2, 0.25) is 0 Å². The molecule has 1 rings (SSSR count). The molecular formula is C14H20N2O4. The minimum absolute atomic E-state index is 0.102. The van der Waals surface area contributed by atoms with E-state index in [9.17, 15) is 14.9 Å². The molecule has 6 nitrogen and oxygen atoms in total. The monoisotopic (exact) mass is 280 g/mol. The molecule has 0 unspecified atom stereocenters. The van der Waals surface area contributed by atoms with Gasteiger partial charge in [-0.15, -0.1) is 0 Å². The van der Waals surface area contributed by atoms with E-state index in [2.05, 4.69) is 5.32 Å². The molecule has 1 aromatic carbocycles. The summed E-state index contributed by atoms with van der Waals surface area (Å²) >= 11 is 0. The van der Waals surface area contributed by atoms with Crippen molar-refractivity contribution in [2.75, 3.05) is 6.61 Å². The van der Waals surface area contributed by atoms with E-state index >= 15 is 0 Å². The van der Waals surface area contributed by atoms with Gasteiger partial charge in [0.2, 0.25) is 0 Å². The molecule has 0 aliphatic carbocycles. The summed E-state index contributed by atoms with van der Waals surface area (Å²) in [4.78, 5) is 22.1. The second-order valence-corrected chi connectivity index (χ2v) is 5.30. The minimum Gasteiger partial charge on any atom is -0.477 e. The Bertz CT molecular complexity index is 512. The Balaban J connectivity index is 2.71. The number of hydrogen-bond acceptors (Lipinski definition) is 4. The van der Waals surface area contributed by atoms with Gasteiger partial charge in [-0.05, 0) is 38.8 Å². The first-order valence-electron chi connectivity index (χ1n) is 6.44. The summed E-state index contributed by atoms with van der Waals surface area (Å²) in [6, 6.07) is 4.63. The van der Waals surface area contributed by atoms with Gasteiger partial charge < -0.3 is 10.1 Å². The highest BCUT2D eigenvalue weighted by atomic mass is 16.6. The van der Waals surface area contributed by atoms with Crippen molar-refractivity contribution in [3.63, 3.8) is 0 Å². The lowest BCUT2D eigenvalue weighted by molar-refractivity contribution is -0.385. The van der Waals surface area contributed by atoms with Gasteiger partial charge in [0.05, 0.1) is 4.92 Å². The zero-order valence-electron chi connectivity index (χ0n) is 12.2. The second-order valence-electron chi connectivity index (χ2n) is 5.30. The summed E-state index contributed by atoms with van der Waals surface area (Å²) in [5, 5.41) is 13.7. The molecule has 0 aromatic heterocycles. The fraction of sp³-hybridized carbons (Fsp3) is 0.500. The van der Waals surface area contributed by atoms with E-state index in [0.29, 0.717) is 0 Å². The number of amides is 1. The van der Waals surface area contributed by atoms with Gasteiger partial charge in [-0.1, -0.05) is 13.0 Å². The highest BCUT2D eigenvalue weighted by molar-refractivity contribution is 5.78. The van der Waals surface area contributed by atoms with Crippen LogP contribution >= 0.6 is 0 Å². The maximum absolute atomic E-state index is 11.7. The van der Waals surface area contributed by atoms with Crippen LogP contribution in [0, 0.1) is 17.0 Å². The fourth-order valence-electron chi connectivity index (χ4n) is 1.54. The summed E-state index contributed by atoms with van der Waals surface area (Å²) < 4.78 is 5.25. The predicted molar refractivity (Wildman–Crippen MR) is 75.8 cm³/mol. The molecule has 6 heteroatoms. The van der Waals surface area contributed by atoms with Gasteiger partial charge in [0, 0.05) is 11.6 Å². The Hall–Kier alpha value is -2.11. The number of carbonyl (C=O) groups is 1. The number of nitro groups is 1. The number of hydrogen-bond donors (Lipinski definition) is 1. The highest BCUT2D eigenvalue weighted by Gasteiger charge is 2.20. The van der Waals surface area contributed by atoms with Crippen LogP contribution in [-0.4, -0.2) is 23.0 Å². The van der Waals surface area contributed by atoms with E-state index in [4.69, 9.17) is 4.74 Å². The van der Waals surface area contributed by atoms with Gasteiger partial charge in [-0.3, -0.25) is 14.9 Å². The summed E-state index contributed by atoms with van der Waals surface area (Å²) in [6.45, 7) is 7.28. The van der Waals surface area contributed by atoms with Crippen molar-refractivity contribution < 1.29 is 14.5 Å². The standard InChI is InChI=1S/C14H20N2O4/c1-5-14(3,4)15-13(17)9-20-12-7-6-10(2)8-11(12)16(18)19/h6-8H,5,9H2,1-4H3,(H,15,17). The van der Waals surface area contributed by atoms with Gasteiger partial charge in [0.25, 0.3) is 5.91 Å². The van der Waals surface area contributed by atoms with Gasteiger partial charge in [-0.25, -0.2) is 0 Å². The van der Waals surface area contributed by atoms with Crippen molar-refractivity contribution in [3.05, 3.63) is 33.9 Å². The normalized spacial score (nSPS) is 11.0. The van der Waals surface area contributed by atoms with Crippen molar-refractivity contribution in [2.45, 2.75) is 39.7 Å². The van der Waals surface area contributed by atoms with Crippen LogP contribution in [0.5, 0.6) is 5.75 Å². The van der Waals surface area contributed by atoms with Crippen molar-refractivity contribution in [3.8, 4) is 5.75 Å². The zero-order valence-corrected chi connectivity index (χ0v) is 12.2. The van der Waals surface area contributed by atoms with Crippen molar-refractivity contribution in [2.24, 2.45) is 0 Å². The molecule has 1 aromatic rings. The number of ether oxygens (including phenoxy) is 1. The predicted octanol–water partition coefficient (Wildman–Crippen LogP) is 2.59. The van der Waals surface area contributed by atoms with E-state index in [1.54, 1.807) is 13.0 Å². The van der Waals surface area contributed by atoms with Crippen LogP contribution < -0.4 is 10.1 Å². The maximum atomic E-state index is 11.7. The lowest BCUT2D eigenvalue weighted by Crippen LogP contribution is -2.44. The molecule has 1 amide bonds. The summed E-state index contributed by atoms with van der Waals surface area (Å²) in [7, 11) is 0. The van der Waals surface area contributed by atoms with E-state index in [1.807, 2.05) is 20.8 Å². The quantitative estimate of drug-likeness (QED) is 0.641. The highest BCUT2D eigenvalue weighted by Crippen LogP contribution is 2.27. The molecule has 0 fully saturated rings. The third-order valence-electron chi connectivity index (χ3n) is 3.03. The number of aryl methyl sites for hydroxylation is 1. The van der Waals surface area contributed by atoms with Crippen LogP contribution in [0.15, 0.2) is 18.2 Å². The van der Waals surface area contributed by atoms with Crippen LogP contribution in [0.25, 0.3) is 0 Å². The smallest absolute Gasteiger partial charge is 0.311 e. The Morgan fingerprint density at radius 3 is 2.65 bits per heavy atom. The molecular weight excluding hydrogens is 260 g/mol. The van der Waals surface area contributed by atoms with Crippen molar-refractivity contribution >= 4 is 11.6 Å².